The smallest absolute Gasteiger partial charge is 0.0574 e. The summed E-state index contributed by atoms with van der Waals surface area (Å²) in [5, 5.41) is 3.20. The lowest BCUT2D eigenvalue weighted by Crippen LogP contribution is -2.32. The second kappa shape index (κ2) is 6.92. The molecule has 0 bridgehead atoms. The molecular weight excluding hydrogens is 196 g/mol. The van der Waals surface area contributed by atoms with Crippen LogP contribution in [0, 0.1) is 19.3 Å². The van der Waals surface area contributed by atoms with Gasteiger partial charge in [-0.15, -0.1) is 6.42 Å². The number of likely N-dealkylation sites (N-methyl/N-ethyl adjacent to an activating group) is 1. The van der Waals surface area contributed by atoms with Gasteiger partial charge in [0.1, 0.15) is 0 Å². The second-order valence-corrected chi connectivity index (χ2v) is 3.80. The quantitative estimate of drug-likeness (QED) is 0.578. The summed E-state index contributed by atoms with van der Waals surface area (Å²) in [7, 11) is 0. The van der Waals surface area contributed by atoms with E-state index >= 15 is 0 Å². The maximum atomic E-state index is 5.18. The molecule has 0 saturated heterocycles. The Morgan fingerprint density at radius 3 is 2.56 bits per heavy atom. The molecule has 0 aromatic heterocycles. The van der Waals surface area contributed by atoms with Gasteiger partial charge in [-0.05, 0) is 26.0 Å². The largest absolute Gasteiger partial charge is 0.371 e. The average Bonchev–Trinajstić information content (AvgIpc) is 2.31. The topological polar surface area (TPSA) is 15.3 Å². The van der Waals surface area contributed by atoms with E-state index in [1.165, 1.54) is 11.3 Å². The Bertz CT molecular complexity index is 335. The van der Waals surface area contributed by atoms with Crippen molar-refractivity contribution in [1.29, 1.82) is 0 Å². The predicted molar refractivity (Wildman–Crippen MR) is 70.8 cm³/mol. The second-order valence-electron chi connectivity index (χ2n) is 3.80. The predicted octanol–water partition coefficient (Wildman–Crippen LogP) is 2.04. The number of hydrogen-bond acceptors (Lipinski definition) is 2. The van der Waals surface area contributed by atoms with Crippen molar-refractivity contribution in [3.05, 3.63) is 29.8 Å². The van der Waals surface area contributed by atoms with Crippen LogP contribution in [0.3, 0.4) is 0 Å². The molecule has 2 heteroatoms. The third kappa shape index (κ3) is 3.96. The average molecular weight is 216 g/mol. The van der Waals surface area contributed by atoms with Crippen molar-refractivity contribution in [2.45, 2.75) is 13.8 Å². The first-order valence-corrected chi connectivity index (χ1v) is 5.73. The molecule has 0 atom stereocenters. The molecule has 16 heavy (non-hydrogen) atoms. The maximum absolute atomic E-state index is 5.18. The van der Waals surface area contributed by atoms with Crippen LogP contribution in [0.2, 0.25) is 0 Å². The van der Waals surface area contributed by atoms with Gasteiger partial charge in [-0.1, -0.05) is 23.6 Å². The lowest BCUT2D eigenvalue weighted by molar-refractivity contribution is 0.713. The van der Waals surface area contributed by atoms with E-state index in [0.29, 0.717) is 6.54 Å². The summed E-state index contributed by atoms with van der Waals surface area (Å²) >= 11 is 0. The van der Waals surface area contributed by atoms with Crippen LogP contribution in [-0.4, -0.2) is 26.2 Å². The molecular formula is C14H20N2. The van der Waals surface area contributed by atoms with Gasteiger partial charge in [0.2, 0.25) is 0 Å². The number of aryl methyl sites for hydroxylation is 1. The number of nitrogens with zero attached hydrogens (tertiary/aromatic N) is 1. The van der Waals surface area contributed by atoms with Crippen LogP contribution in [0.15, 0.2) is 24.3 Å². The molecule has 0 amide bonds. The number of benzene rings is 1. The van der Waals surface area contributed by atoms with Gasteiger partial charge < -0.3 is 10.2 Å². The SMILES string of the molecule is C#CCNCCN(CC)c1ccc(C)cc1. The Hall–Kier alpha value is -1.46. The summed E-state index contributed by atoms with van der Waals surface area (Å²) in [5.41, 5.74) is 2.57. The third-order valence-electron chi connectivity index (χ3n) is 2.57. The molecule has 86 valence electrons. The van der Waals surface area contributed by atoms with E-state index in [4.69, 9.17) is 6.42 Å². The molecule has 0 radical (unpaired) electrons. The minimum Gasteiger partial charge on any atom is -0.371 e. The molecule has 0 aliphatic heterocycles. The third-order valence-corrected chi connectivity index (χ3v) is 2.57. The zero-order valence-electron chi connectivity index (χ0n) is 10.2. The molecule has 1 N–H and O–H groups in total. The van der Waals surface area contributed by atoms with Gasteiger partial charge >= 0.3 is 0 Å². The first kappa shape index (κ1) is 12.6. The fraction of sp³-hybridized carbons (Fsp3) is 0.429. The van der Waals surface area contributed by atoms with Gasteiger partial charge in [0.05, 0.1) is 6.54 Å². The number of hydrogen-bond donors (Lipinski definition) is 1. The molecule has 0 aliphatic rings. The van der Waals surface area contributed by atoms with Crippen LogP contribution in [-0.2, 0) is 0 Å². The molecule has 0 saturated carbocycles. The van der Waals surface area contributed by atoms with Gasteiger partial charge in [0.15, 0.2) is 0 Å². The molecule has 0 fully saturated rings. The van der Waals surface area contributed by atoms with Gasteiger partial charge in [0.25, 0.3) is 0 Å². The minimum absolute atomic E-state index is 0.644. The first-order valence-electron chi connectivity index (χ1n) is 5.73. The molecule has 1 aromatic carbocycles. The monoisotopic (exact) mass is 216 g/mol. The highest BCUT2D eigenvalue weighted by Gasteiger charge is 2.02. The Labute approximate surface area is 98.7 Å². The van der Waals surface area contributed by atoms with Crippen LogP contribution >= 0.6 is 0 Å². The van der Waals surface area contributed by atoms with Crippen molar-refractivity contribution in [3.8, 4) is 12.3 Å². The van der Waals surface area contributed by atoms with Crippen LogP contribution in [0.4, 0.5) is 5.69 Å². The maximum Gasteiger partial charge on any atom is 0.0574 e. The minimum atomic E-state index is 0.644. The Balaban J connectivity index is 2.48. The van der Waals surface area contributed by atoms with Crippen molar-refractivity contribution in [3.63, 3.8) is 0 Å². The highest BCUT2D eigenvalue weighted by Crippen LogP contribution is 2.13. The Morgan fingerprint density at radius 1 is 1.31 bits per heavy atom. The van der Waals surface area contributed by atoms with Crippen molar-refractivity contribution in [2.24, 2.45) is 0 Å². The van der Waals surface area contributed by atoms with Crippen LogP contribution in [0.25, 0.3) is 0 Å². The van der Waals surface area contributed by atoms with Crippen molar-refractivity contribution in [1.82, 2.24) is 5.32 Å². The molecule has 1 aromatic rings. The van der Waals surface area contributed by atoms with Crippen LogP contribution in [0.5, 0.6) is 0 Å². The molecule has 0 unspecified atom stereocenters. The fourth-order valence-electron chi connectivity index (χ4n) is 1.60. The van der Waals surface area contributed by atoms with Crippen LogP contribution < -0.4 is 10.2 Å². The zero-order valence-corrected chi connectivity index (χ0v) is 10.2. The lowest BCUT2D eigenvalue weighted by Gasteiger charge is -2.23. The molecule has 0 heterocycles. The van der Waals surface area contributed by atoms with Gasteiger partial charge in [-0.2, -0.15) is 0 Å². The summed E-state index contributed by atoms with van der Waals surface area (Å²) in [6, 6.07) is 8.62. The van der Waals surface area contributed by atoms with E-state index in [1.54, 1.807) is 0 Å². The molecule has 0 spiro atoms. The van der Waals surface area contributed by atoms with E-state index in [9.17, 15) is 0 Å². The van der Waals surface area contributed by atoms with Crippen LogP contribution in [0.1, 0.15) is 12.5 Å². The van der Waals surface area contributed by atoms with Gasteiger partial charge in [-0.3, -0.25) is 0 Å². The van der Waals surface area contributed by atoms with Crippen molar-refractivity contribution < 1.29 is 0 Å². The van der Waals surface area contributed by atoms with E-state index in [-0.39, 0.29) is 0 Å². The van der Waals surface area contributed by atoms with E-state index in [1.807, 2.05) is 0 Å². The fourth-order valence-corrected chi connectivity index (χ4v) is 1.60. The summed E-state index contributed by atoms with van der Waals surface area (Å²) in [4.78, 5) is 2.34. The lowest BCUT2D eigenvalue weighted by atomic mass is 10.2. The number of anilines is 1. The number of terminal acetylenes is 1. The molecule has 1 rings (SSSR count). The summed E-state index contributed by atoms with van der Waals surface area (Å²) < 4.78 is 0. The zero-order chi connectivity index (χ0) is 11.8. The van der Waals surface area contributed by atoms with Gasteiger partial charge in [0, 0.05) is 25.3 Å². The normalized spacial score (nSPS) is 9.81. The first-order chi connectivity index (χ1) is 7.77. The highest BCUT2D eigenvalue weighted by molar-refractivity contribution is 5.47. The molecule has 0 aliphatic carbocycles. The summed E-state index contributed by atoms with van der Waals surface area (Å²) in [5.74, 6) is 2.58. The van der Waals surface area contributed by atoms with Crippen molar-refractivity contribution >= 4 is 5.69 Å². The Kier molecular flexibility index (Phi) is 5.45. The number of nitrogens with one attached hydrogen (secondary N) is 1. The number of rotatable bonds is 6. The van der Waals surface area contributed by atoms with E-state index < -0.39 is 0 Å². The van der Waals surface area contributed by atoms with Crippen molar-refractivity contribution in [2.75, 3.05) is 31.1 Å². The summed E-state index contributed by atoms with van der Waals surface area (Å²) in [6.45, 7) is 7.84. The summed E-state index contributed by atoms with van der Waals surface area (Å²) in [6.07, 6.45) is 5.18. The van der Waals surface area contributed by atoms with Gasteiger partial charge in [-0.25, -0.2) is 0 Å². The molecule has 2 nitrogen and oxygen atoms in total. The van der Waals surface area contributed by atoms with E-state index in [2.05, 4.69) is 54.3 Å². The highest BCUT2D eigenvalue weighted by atomic mass is 15.1. The standard InChI is InChI=1S/C14H20N2/c1-4-10-15-11-12-16(5-2)14-8-6-13(3)7-9-14/h1,6-9,15H,5,10-12H2,2-3H3. The van der Waals surface area contributed by atoms with E-state index in [0.717, 1.165) is 19.6 Å². The Morgan fingerprint density at radius 2 is 2.00 bits per heavy atom.